The molecule has 96 valence electrons. The number of hydrogen-bond acceptors (Lipinski definition) is 3. The SMILES string of the molecule is CCCC(CC)OC(CC(C)(C)C)OC=O. The predicted octanol–water partition coefficient (Wildman–Crippen LogP) is 3.52. The Balaban J connectivity index is 4.24. The molecule has 0 aromatic carbocycles. The first-order valence-corrected chi connectivity index (χ1v) is 6.17. The minimum atomic E-state index is -0.408. The summed E-state index contributed by atoms with van der Waals surface area (Å²) in [5, 5.41) is 0. The van der Waals surface area contributed by atoms with E-state index in [1.54, 1.807) is 0 Å². The summed E-state index contributed by atoms with van der Waals surface area (Å²) in [6.07, 6.45) is 3.57. The Morgan fingerprint density at radius 2 is 1.88 bits per heavy atom. The fraction of sp³-hybridized carbons (Fsp3) is 0.923. The Morgan fingerprint density at radius 3 is 2.25 bits per heavy atom. The van der Waals surface area contributed by atoms with Gasteiger partial charge in [-0.05, 0) is 18.3 Å². The first kappa shape index (κ1) is 15.4. The zero-order valence-corrected chi connectivity index (χ0v) is 11.3. The maximum Gasteiger partial charge on any atom is 0.295 e. The van der Waals surface area contributed by atoms with Crippen LogP contribution in [0.3, 0.4) is 0 Å². The van der Waals surface area contributed by atoms with Crippen LogP contribution in [0.5, 0.6) is 0 Å². The average molecular weight is 230 g/mol. The lowest BCUT2D eigenvalue weighted by atomic mass is 9.92. The molecule has 0 aliphatic carbocycles. The van der Waals surface area contributed by atoms with Crippen molar-refractivity contribution in [2.24, 2.45) is 5.41 Å². The molecule has 0 aromatic heterocycles. The summed E-state index contributed by atoms with van der Waals surface area (Å²) >= 11 is 0. The van der Waals surface area contributed by atoms with Crippen molar-refractivity contribution in [2.75, 3.05) is 0 Å². The van der Waals surface area contributed by atoms with Crippen LogP contribution in [0.2, 0.25) is 0 Å². The van der Waals surface area contributed by atoms with Crippen molar-refractivity contribution in [1.29, 1.82) is 0 Å². The van der Waals surface area contributed by atoms with Crippen LogP contribution in [0.1, 0.15) is 60.3 Å². The maximum absolute atomic E-state index is 10.4. The van der Waals surface area contributed by atoms with Gasteiger partial charge in [0.15, 0.2) is 0 Å². The van der Waals surface area contributed by atoms with Crippen molar-refractivity contribution >= 4 is 6.47 Å². The van der Waals surface area contributed by atoms with Crippen LogP contribution in [0.4, 0.5) is 0 Å². The summed E-state index contributed by atoms with van der Waals surface area (Å²) in [7, 11) is 0. The molecule has 0 aliphatic rings. The van der Waals surface area contributed by atoms with Gasteiger partial charge in [0.25, 0.3) is 6.47 Å². The molecule has 0 saturated heterocycles. The molecular weight excluding hydrogens is 204 g/mol. The van der Waals surface area contributed by atoms with E-state index in [1.807, 2.05) is 0 Å². The summed E-state index contributed by atoms with van der Waals surface area (Å²) in [4.78, 5) is 10.4. The first-order chi connectivity index (χ1) is 7.42. The van der Waals surface area contributed by atoms with Crippen LogP contribution in [0, 0.1) is 5.41 Å². The maximum atomic E-state index is 10.4. The molecule has 3 nitrogen and oxygen atoms in total. The molecule has 3 heteroatoms. The molecular formula is C13H26O3. The number of carbonyl (C=O) groups excluding carboxylic acids is 1. The normalized spacial score (nSPS) is 15.6. The third-order valence-corrected chi connectivity index (χ3v) is 2.40. The van der Waals surface area contributed by atoms with E-state index < -0.39 is 6.29 Å². The van der Waals surface area contributed by atoms with Gasteiger partial charge in [0, 0.05) is 6.42 Å². The third kappa shape index (κ3) is 7.69. The fourth-order valence-electron chi connectivity index (χ4n) is 1.60. The van der Waals surface area contributed by atoms with Crippen molar-refractivity contribution < 1.29 is 14.3 Å². The van der Waals surface area contributed by atoms with Gasteiger partial charge in [0.2, 0.25) is 6.29 Å². The highest BCUT2D eigenvalue weighted by Crippen LogP contribution is 2.24. The molecule has 0 spiro atoms. The molecule has 0 aliphatic heterocycles. The van der Waals surface area contributed by atoms with E-state index in [0.29, 0.717) is 6.47 Å². The largest absolute Gasteiger partial charge is 0.438 e. The van der Waals surface area contributed by atoms with Crippen molar-refractivity contribution in [3.05, 3.63) is 0 Å². The molecule has 0 radical (unpaired) electrons. The molecule has 0 bridgehead atoms. The van der Waals surface area contributed by atoms with Crippen LogP contribution in [0.25, 0.3) is 0 Å². The summed E-state index contributed by atoms with van der Waals surface area (Å²) in [6, 6.07) is 0. The predicted molar refractivity (Wildman–Crippen MR) is 65.1 cm³/mol. The van der Waals surface area contributed by atoms with Gasteiger partial charge in [-0.25, -0.2) is 0 Å². The second kappa shape index (κ2) is 7.66. The zero-order valence-electron chi connectivity index (χ0n) is 11.3. The summed E-state index contributed by atoms with van der Waals surface area (Å²) in [5.41, 5.74) is 0.0954. The first-order valence-electron chi connectivity index (χ1n) is 6.17. The zero-order chi connectivity index (χ0) is 12.6. The van der Waals surface area contributed by atoms with E-state index >= 15 is 0 Å². The highest BCUT2D eigenvalue weighted by atomic mass is 16.7. The second-order valence-electron chi connectivity index (χ2n) is 5.38. The fourth-order valence-corrected chi connectivity index (χ4v) is 1.60. The van der Waals surface area contributed by atoms with E-state index in [4.69, 9.17) is 9.47 Å². The van der Waals surface area contributed by atoms with E-state index in [1.165, 1.54) is 0 Å². The number of rotatable bonds is 8. The standard InChI is InChI=1S/C13H26O3/c1-6-8-11(7-2)16-12(15-10-14)9-13(3,4)5/h10-12H,6-9H2,1-5H3. The molecule has 0 rings (SSSR count). The van der Waals surface area contributed by atoms with Gasteiger partial charge in [0.1, 0.15) is 0 Å². The summed E-state index contributed by atoms with van der Waals surface area (Å²) in [5.74, 6) is 0. The van der Waals surface area contributed by atoms with Gasteiger partial charge in [0.05, 0.1) is 6.10 Å². The molecule has 2 atom stereocenters. The van der Waals surface area contributed by atoms with Crippen LogP contribution in [0.15, 0.2) is 0 Å². The Bertz CT molecular complexity index is 184. The molecule has 0 N–H and O–H groups in total. The monoisotopic (exact) mass is 230 g/mol. The Labute approximate surface area is 99.5 Å². The highest BCUT2D eigenvalue weighted by Gasteiger charge is 2.22. The van der Waals surface area contributed by atoms with Crippen LogP contribution in [-0.2, 0) is 14.3 Å². The second-order valence-corrected chi connectivity index (χ2v) is 5.38. The van der Waals surface area contributed by atoms with Crippen molar-refractivity contribution in [3.8, 4) is 0 Å². The Kier molecular flexibility index (Phi) is 7.39. The van der Waals surface area contributed by atoms with Gasteiger partial charge >= 0.3 is 0 Å². The van der Waals surface area contributed by atoms with Crippen molar-refractivity contribution in [3.63, 3.8) is 0 Å². The summed E-state index contributed by atoms with van der Waals surface area (Å²) < 4.78 is 10.8. The van der Waals surface area contributed by atoms with Gasteiger partial charge < -0.3 is 9.47 Å². The lowest BCUT2D eigenvalue weighted by Crippen LogP contribution is -2.28. The van der Waals surface area contributed by atoms with Gasteiger partial charge in [-0.1, -0.05) is 41.0 Å². The van der Waals surface area contributed by atoms with Gasteiger partial charge in [-0.3, -0.25) is 4.79 Å². The quantitative estimate of drug-likeness (QED) is 0.473. The van der Waals surface area contributed by atoms with E-state index in [0.717, 1.165) is 25.7 Å². The third-order valence-electron chi connectivity index (χ3n) is 2.40. The average Bonchev–Trinajstić information content (AvgIpc) is 2.15. The Morgan fingerprint density at radius 1 is 1.25 bits per heavy atom. The van der Waals surface area contributed by atoms with E-state index in [-0.39, 0.29) is 11.5 Å². The van der Waals surface area contributed by atoms with Crippen LogP contribution >= 0.6 is 0 Å². The molecule has 2 unspecified atom stereocenters. The molecule has 0 saturated carbocycles. The summed E-state index contributed by atoms with van der Waals surface area (Å²) in [6.45, 7) is 11.0. The smallest absolute Gasteiger partial charge is 0.295 e. The lowest BCUT2D eigenvalue weighted by molar-refractivity contribution is -0.185. The molecule has 0 fully saturated rings. The number of hydrogen-bond donors (Lipinski definition) is 0. The minimum Gasteiger partial charge on any atom is -0.438 e. The molecule has 0 aromatic rings. The topological polar surface area (TPSA) is 35.5 Å². The van der Waals surface area contributed by atoms with E-state index in [2.05, 4.69) is 34.6 Å². The molecule has 16 heavy (non-hydrogen) atoms. The van der Waals surface area contributed by atoms with Gasteiger partial charge in [-0.15, -0.1) is 0 Å². The number of ether oxygens (including phenoxy) is 2. The highest BCUT2D eigenvalue weighted by molar-refractivity contribution is 5.37. The Hall–Kier alpha value is -0.570. The van der Waals surface area contributed by atoms with Crippen LogP contribution in [-0.4, -0.2) is 18.9 Å². The lowest BCUT2D eigenvalue weighted by Gasteiger charge is -2.27. The number of carbonyl (C=O) groups is 1. The molecule has 0 amide bonds. The van der Waals surface area contributed by atoms with Crippen molar-refractivity contribution in [2.45, 2.75) is 72.7 Å². The van der Waals surface area contributed by atoms with E-state index in [9.17, 15) is 4.79 Å². The van der Waals surface area contributed by atoms with Gasteiger partial charge in [-0.2, -0.15) is 0 Å². The molecule has 0 heterocycles. The van der Waals surface area contributed by atoms with Crippen molar-refractivity contribution in [1.82, 2.24) is 0 Å². The minimum absolute atomic E-state index is 0.0954. The van der Waals surface area contributed by atoms with Crippen LogP contribution < -0.4 is 0 Å².